The molecule has 2 aliphatic carbocycles. The summed E-state index contributed by atoms with van der Waals surface area (Å²) < 4.78 is 77.2. The van der Waals surface area contributed by atoms with Crippen molar-refractivity contribution < 1.29 is 70.6 Å². The molecule has 8 rings (SSSR count). The average molecular weight is 1210 g/mol. The van der Waals surface area contributed by atoms with Crippen LogP contribution in [0.15, 0.2) is 78.9 Å². The lowest BCUT2D eigenvalue weighted by Crippen LogP contribution is -2.63. The Bertz CT molecular complexity index is 3190. The summed E-state index contributed by atoms with van der Waals surface area (Å²) in [6.07, 6.45) is -2.06. The van der Waals surface area contributed by atoms with Gasteiger partial charge in [0.2, 0.25) is 5.75 Å². The van der Waals surface area contributed by atoms with Crippen LogP contribution in [0, 0.1) is 23.7 Å². The minimum absolute atomic E-state index is 0.0568. The molecule has 448 valence electrons. The standard InChI is InChI=1S/C62H81ClN2O15Si3/c1-18-30-73-49-31-41-32-50(76-39(2)3)56(71-9)55(70-8)44(41)34-45(49)59(68)65-47-35-54(67)74-37-53(75-38-72-36-40-21-23-43(69-7)24-22-40)61(79-81(10,11)12)28-19-20-52(66)62(80-82(13,14)15)42(27-29-61)33-51(57(62)78-83(16,17)60(4,5)6)77-48-26-25-46(47)64-58(48)63/h18,21-26,31-34,39,47,51-53,57,66H,1,28,30,35-38H2,2-17H3,(H,65,68)/t47-,51+,52+,53-,57-,61-,62-/m1/s1. The summed E-state index contributed by atoms with van der Waals surface area (Å²) in [6.45, 7) is 29.8. The number of benzene rings is 3. The maximum absolute atomic E-state index is 15.0. The third kappa shape index (κ3) is 15.1. The molecule has 0 spiro atoms. The van der Waals surface area contributed by atoms with Crippen molar-refractivity contribution in [1.29, 1.82) is 0 Å². The first-order chi connectivity index (χ1) is 39.0. The first kappa shape index (κ1) is 64.7. The minimum Gasteiger partial charge on any atom is -0.497 e. The third-order valence-corrected chi connectivity index (χ3v) is 21.0. The van der Waals surface area contributed by atoms with Gasteiger partial charge in [-0.05, 0) is 131 Å². The number of aliphatic hydroxyl groups is 1. The first-order valence-corrected chi connectivity index (χ1v) is 37.8. The lowest BCUT2D eigenvalue weighted by atomic mass is 9.87. The zero-order valence-electron chi connectivity index (χ0n) is 50.8. The average Bonchev–Trinajstić information content (AvgIpc) is 2.14. The van der Waals surface area contributed by atoms with Gasteiger partial charge in [0.15, 0.2) is 58.6 Å². The maximum Gasteiger partial charge on any atom is 0.308 e. The fraction of sp³-hybridized carbons (Fsp3) is 0.500. The highest BCUT2D eigenvalue weighted by Crippen LogP contribution is 2.49. The molecule has 1 amide bonds. The van der Waals surface area contributed by atoms with Crippen LogP contribution in [-0.4, -0.2) is 130 Å². The lowest BCUT2D eigenvalue weighted by molar-refractivity contribution is -0.172. The number of aliphatic hydroxyl groups excluding tert-OH is 1. The maximum atomic E-state index is 15.0. The molecule has 4 aromatic rings. The molecule has 1 aromatic heterocycles. The van der Waals surface area contributed by atoms with E-state index in [9.17, 15) is 9.90 Å². The summed E-state index contributed by atoms with van der Waals surface area (Å²) in [5.74, 6) is 14.0. The van der Waals surface area contributed by atoms with E-state index in [1.54, 1.807) is 49.6 Å². The van der Waals surface area contributed by atoms with Crippen LogP contribution < -0.4 is 33.7 Å². The lowest BCUT2D eigenvalue weighted by Gasteiger charge is -2.48. The molecule has 3 aromatic carbocycles. The number of rotatable bonds is 21. The van der Waals surface area contributed by atoms with Crippen molar-refractivity contribution in [3.63, 3.8) is 0 Å². The van der Waals surface area contributed by atoms with E-state index in [4.69, 9.17) is 72.5 Å². The Morgan fingerprint density at radius 2 is 1.64 bits per heavy atom. The van der Waals surface area contributed by atoms with Crippen molar-refractivity contribution in [2.24, 2.45) is 0 Å². The number of methoxy groups -OCH3 is 3. The second-order valence-corrected chi connectivity index (χ2v) is 38.4. The predicted molar refractivity (Wildman–Crippen MR) is 326 cm³/mol. The number of hydrogen-bond donors (Lipinski definition) is 2. The van der Waals surface area contributed by atoms with Crippen LogP contribution in [0.4, 0.5) is 0 Å². The van der Waals surface area contributed by atoms with Gasteiger partial charge in [0, 0.05) is 11.0 Å². The number of aromatic nitrogens is 1. The molecule has 7 atom stereocenters. The summed E-state index contributed by atoms with van der Waals surface area (Å²) in [5, 5.41) is 16.6. The van der Waals surface area contributed by atoms with Gasteiger partial charge in [-0.2, -0.15) is 0 Å². The minimum atomic E-state index is -2.78. The molecule has 2 N–H and O–H groups in total. The van der Waals surface area contributed by atoms with Gasteiger partial charge in [-0.25, -0.2) is 4.98 Å². The highest BCUT2D eigenvalue weighted by molar-refractivity contribution is 6.74. The smallest absolute Gasteiger partial charge is 0.308 e. The van der Waals surface area contributed by atoms with E-state index in [0.29, 0.717) is 39.3 Å². The number of amides is 1. The van der Waals surface area contributed by atoms with Crippen LogP contribution in [0.25, 0.3) is 10.8 Å². The number of pyridine rings is 1. The number of halogens is 1. The van der Waals surface area contributed by atoms with Gasteiger partial charge in [-0.1, -0.05) is 80.8 Å². The Morgan fingerprint density at radius 1 is 0.952 bits per heavy atom. The van der Waals surface area contributed by atoms with E-state index in [1.807, 2.05) is 77.4 Å². The predicted octanol–water partition coefficient (Wildman–Crippen LogP) is 11.3. The molecule has 21 heteroatoms. The fourth-order valence-corrected chi connectivity index (χ4v) is 13.9. The van der Waals surface area contributed by atoms with Gasteiger partial charge in [0.05, 0.1) is 64.2 Å². The highest BCUT2D eigenvalue weighted by Gasteiger charge is 2.61. The molecule has 4 aliphatic rings. The van der Waals surface area contributed by atoms with E-state index in [0.717, 1.165) is 5.56 Å². The van der Waals surface area contributed by atoms with E-state index in [1.165, 1.54) is 14.2 Å². The molecule has 0 unspecified atom stereocenters. The van der Waals surface area contributed by atoms with Crippen molar-refractivity contribution in [1.82, 2.24) is 10.3 Å². The number of nitrogens with one attached hydrogen (secondary N) is 1. The molecule has 0 radical (unpaired) electrons. The SMILES string of the molecule is C=CCOc1cc2cc(OC(C)C)c(OC)c(OC)c2cc1C(=O)N[C@@H]1CC(=O)OC[C@@H](OCOCc2ccc(OC)cc2)[C@]2(O[Si](C)(C)C)C#CC3=C[C@H](Oc4ccc1nc4Cl)[C@@H](O[Si](C)(C)C(C)(C)C)[C@]3(O[Si](C)(C)C)[C@@H](O)C#CC2. The van der Waals surface area contributed by atoms with Crippen molar-refractivity contribution in [2.45, 2.75) is 159 Å². The van der Waals surface area contributed by atoms with Crippen molar-refractivity contribution >= 4 is 59.2 Å². The Balaban J connectivity index is 1.40. The van der Waals surface area contributed by atoms with E-state index >= 15 is 4.79 Å². The normalized spacial score (nSPS) is 22.8. The van der Waals surface area contributed by atoms with Crippen molar-refractivity contribution in [2.75, 3.05) is 41.3 Å². The number of esters is 1. The molecule has 2 aliphatic heterocycles. The van der Waals surface area contributed by atoms with Crippen LogP contribution in [0.5, 0.6) is 34.5 Å². The van der Waals surface area contributed by atoms with Gasteiger partial charge in [0.1, 0.15) is 55.9 Å². The van der Waals surface area contributed by atoms with Crippen LogP contribution >= 0.6 is 11.6 Å². The van der Waals surface area contributed by atoms with E-state index < -0.39 is 91.5 Å². The number of ether oxygens (including phenoxy) is 9. The Morgan fingerprint density at radius 3 is 2.25 bits per heavy atom. The molecular weight excluding hydrogens is 1130 g/mol. The summed E-state index contributed by atoms with van der Waals surface area (Å²) in [4.78, 5) is 34.5. The van der Waals surface area contributed by atoms with E-state index in [2.05, 4.69) is 69.4 Å². The van der Waals surface area contributed by atoms with Crippen LogP contribution in [-0.2, 0) is 38.9 Å². The van der Waals surface area contributed by atoms with Gasteiger partial charge in [-0.3, -0.25) is 9.59 Å². The van der Waals surface area contributed by atoms with Crippen LogP contribution in [0.2, 0.25) is 62.6 Å². The second kappa shape index (κ2) is 26.2. The fourth-order valence-electron chi connectivity index (χ4n) is 9.70. The highest BCUT2D eigenvalue weighted by atomic mass is 35.5. The number of hydrogen-bond acceptors (Lipinski definition) is 16. The quantitative estimate of drug-likeness (QED) is 0.0152. The molecule has 3 heterocycles. The Labute approximate surface area is 497 Å². The van der Waals surface area contributed by atoms with Gasteiger partial charge in [-0.15, -0.1) is 0 Å². The number of carbonyl (C=O) groups excluding carboxylic acids is 2. The molecular formula is C62H81ClN2O15Si3. The van der Waals surface area contributed by atoms with Crippen LogP contribution in [0.3, 0.4) is 0 Å². The molecule has 17 nitrogen and oxygen atoms in total. The van der Waals surface area contributed by atoms with Gasteiger partial charge < -0.3 is 66.3 Å². The molecule has 0 saturated heterocycles. The molecule has 83 heavy (non-hydrogen) atoms. The largest absolute Gasteiger partial charge is 0.497 e. The zero-order valence-corrected chi connectivity index (χ0v) is 54.5. The summed E-state index contributed by atoms with van der Waals surface area (Å²) in [7, 11) is -3.53. The van der Waals surface area contributed by atoms with Crippen LogP contribution in [0.1, 0.15) is 75.1 Å². The third-order valence-electron chi connectivity index (χ3n) is 14.4. The molecule has 5 bridgehead atoms. The summed E-state index contributed by atoms with van der Waals surface area (Å²) in [5.41, 5.74) is -1.83. The number of nitrogens with zero attached hydrogens (tertiary/aromatic N) is 1. The summed E-state index contributed by atoms with van der Waals surface area (Å²) in [6, 6.07) is 14.6. The van der Waals surface area contributed by atoms with Crippen molar-refractivity contribution in [3.05, 3.63) is 101 Å². The summed E-state index contributed by atoms with van der Waals surface area (Å²) >= 11 is 7.17. The monoisotopic (exact) mass is 1210 g/mol. The van der Waals surface area contributed by atoms with Crippen molar-refractivity contribution in [3.8, 4) is 58.2 Å². The number of carbonyl (C=O) groups is 2. The Kier molecular flexibility index (Phi) is 20.4. The molecule has 0 fully saturated rings. The molecule has 0 saturated carbocycles. The second-order valence-electron chi connectivity index (χ2n) is 24.4. The first-order valence-electron chi connectivity index (χ1n) is 27.7. The van der Waals surface area contributed by atoms with E-state index in [-0.39, 0.29) is 65.5 Å². The zero-order chi connectivity index (χ0) is 60.9. The van der Waals surface area contributed by atoms with Gasteiger partial charge >= 0.3 is 5.97 Å². The topological polar surface area (TPSA) is 190 Å². The Hall–Kier alpha value is -5.89. The van der Waals surface area contributed by atoms with Gasteiger partial charge in [0.25, 0.3) is 5.91 Å². The number of fused-ring (bicyclic) bond motifs is 8.